The molecule has 0 radical (unpaired) electrons. The highest BCUT2D eigenvalue weighted by Crippen LogP contribution is 2.32. The summed E-state index contributed by atoms with van der Waals surface area (Å²) in [5.74, 6) is 0.773. The van der Waals surface area contributed by atoms with Gasteiger partial charge in [0.15, 0.2) is 0 Å². The van der Waals surface area contributed by atoms with Gasteiger partial charge in [0.1, 0.15) is 0 Å². The molecule has 1 aliphatic heterocycles. The van der Waals surface area contributed by atoms with Crippen LogP contribution in [0.2, 0.25) is 0 Å². The number of likely N-dealkylation sites (tertiary alicyclic amines) is 1. The molecule has 0 N–H and O–H groups in total. The van der Waals surface area contributed by atoms with E-state index in [-0.39, 0.29) is 5.91 Å². The van der Waals surface area contributed by atoms with Gasteiger partial charge in [-0.1, -0.05) is 30.4 Å². The molecule has 1 saturated heterocycles. The predicted molar refractivity (Wildman–Crippen MR) is 58.5 cm³/mol. The molecular formula is C13H13NO. The monoisotopic (exact) mass is 199 g/mol. The highest BCUT2D eigenvalue weighted by atomic mass is 16.2. The summed E-state index contributed by atoms with van der Waals surface area (Å²) in [6.45, 7) is 0.898. The summed E-state index contributed by atoms with van der Waals surface area (Å²) in [6, 6.07) is 9.89. The largest absolute Gasteiger partial charge is 0.332 e. The van der Waals surface area contributed by atoms with Gasteiger partial charge in [-0.25, -0.2) is 0 Å². The second-order valence-electron chi connectivity index (χ2n) is 4.27. The quantitative estimate of drug-likeness (QED) is 0.634. The van der Waals surface area contributed by atoms with E-state index in [0.29, 0.717) is 12.0 Å². The van der Waals surface area contributed by atoms with Crippen LogP contribution >= 0.6 is 0 Å². The molecule has 15 heavy (non-hydrogen) atoms. The summed E-state index contributed by atoms with van der Waals surface area (Å²) in [4.78, 5) is 14.1. The fourth-order valence-electron chi connectivity index (χ4n) is 2.49. The molecule has 2 heteroatoms. The lowest BCUT2D eigenvalue weighted by Gasteiger charge is -2.23. The predicted octanol–water partition coefficient (Wildman–Crippen LogP) is 2.09. The molecule has 3 rings (SSSR count). The first kappa shape index (κ1) is 8.72. The van der Waals surface area contributed by atoms with Crippen LogP contribution < -0.4 is 0 Å². The fourth-order valence-corrected chi connectivity index (χ4v) is 2.49. The van der Waals surface area contributed by atoms with E-state index in [1.807, 2.05) is 35.2 Å². The number of hydrogen-bond donors (Lipinski definition) is 0. The van der Waals surface area contributed by atoms with Gasteiger partial charge in [-0.15, -0.1) is 0 Å². The number of rotatable bonds is 1. The van der Waals surface area contributed by atoms with E-state index in [2.05, 4.69) is 12.2 Å². The normalized spacial score (nSPS) is 27.3. The Morgan fingerprint density at radius 1 is 1.20 bits per heavy atom. The zero-order valence-corrected chi connectivity index (χ0v) is 8.47. The third-order valence-corrected chi connectivity index (χ3v) is 3.26. The third kappa shape index (κ3) is 1.37. The van der Waals surface area contributed by atoms with E-state index in [9.17, 15) is 4.79 Å². The molecule has 1 fully saturated rings. The Balaban J connectivity index is 1.85. The Kier molecular flexibility index (Phi) is 1.88. The van der Waals surface area contributed by atoms with Gasteiger partial charge < -0.3 is 4.90 Å². The topological polar surface area (TPSA) is 20.3 Å². The van der Waals surface area contributed by atoms with Crippen molar-refractivity contribution in [1.29, 1.82) is 0 Å². The minimum atomic E-state index is 0.174. The zero-order chi connectivity index (χ0) is 10.3. The van der Waals surface area contributed by atoms with Gasteiger partial charge in [-0.2, -0.15) is 0 Å². The highest BCUT2D eigenvalue weighted by Gasteiger charge is 2.36. The van der Waals surface area contributed by atoms with Crippen molar-refractivity contribution in [3.05, 3.63) is 48.0 Å². The number of fused-ring (bicyclic) bond motifs is 2. The van der Waals surface area contributed by atoms with Crippen molar-refractivity contribution in [3.63, 3.8) is 0 Å². The standard InChI is InChI=1S/C13H13NO/c15-13(11-4-2-1-3-5-11)14-9-10-6-7-12(14)8-10/h1-7,10,12H,8-9H2. The lowest BCUT2D eigenvalue weighted by molar-refractivity contribution is 0.0754. The van der Waals surface area contributed by atoms with Gasteiger partial charge in [-0.3, -0.25) is 4.79 Å². The summed E-state index contributed by atoms with van der Waals surface area (Å²) >= 11 is 0. The first-order valence-electron chi connectivity index (χ1n) is 5.39. The van der Waals surface area contributed by atoms with Gasteiger partial charge in [0.2, 0.25) is 0 Å². The van der Waals surface area contributed by atoms with Crippen LogP contribution in [0.5, 0.6) is 0 Å². The first-order chi connectivity index (χ1) is 7.34. The van der Waals surface area contributed by atoms with Gasteiger partial charge >= 0.3 is 0 Å². The van der Waals surface area contributed by atoms with Crippen LogP contribution in [0.25, 0.3) is 0 Å². The molecule has 2 nitrogen and oxygen atoms in total. The average Bonchev–Trinajstić information content (AvgIpc) is 2.91. The second kappa shape index (κ2) is 3.23. The Hall–Kier alpha value is -1.57. The third-order valence-electron chi connectivity index (χ3n) is 3.26. The summed E-state index contributed by atoms with van der Waals surface area (Å²) in [6.07, 6.45) is 5.52. The number of benzene rings is 1. The summed E-state index contributed by atoms with van der Waals surface area (Å²) in [5.41, 5.74) is 0.804. The van der Waals surface area contributed by atoms with E-state index >= 15 is 0 Å². The van der Waals surface area contributed by atoms with Crippen LogP contribution in [0.3, 0.4) is 0 Å². The van der Waals surface area contributed by atoms with Crippen LogP contribution in [-0.2, 0) is 0 Å². The number of amides is 1. The van der Waals surface area contributed by atoms with Crippen LogP contribution in [-0.4, -0.2) is 23.4 Å². The summed E-state index contributed by atoms with van der Waals surface area (Å²) < 4.78 is 0. The van der Waals surface area contributed by atoms with Crippen molar-refractivity contribution < 1.29 is 4.79 Å². The molecule has 2 atom stereocenters. The molecule has 0 aromatic heterocycles. The minimum absolute atomic E-state index is 0.174. The maximum atomic E-state index is 12.1. The molecule has 1 aromatic rings. The molecule has 1 heterocycles. The van der Waals surface area contributed by atoms with E-state index in [4.69, 9.17) is 0 Å². The molecular weight excluding hydrogens is 186 g/mol. The van der Waals surface area contributed by atoms with Crippen LogP contribution in [0, 0.1) is 5.92 Å². The fraction of sp³-hybridized carbons (Fsp3) is 0.308. The smallest absolute Gasteiger partial charge is 0.254 e. The molecule has 1 aromatic carbocycles. The average molecular weight is 199 g/mol. The van der Waals surface area contributed by atoms with E-state index in [0.717, 1.165) is 18.5 Å². The molecule has 2 aliphatic rings. The number of hydrogen-bond acceptors (Lipinski definition) is 1. The Labute approximate surface area is 89.2 Å². The van der Waals surface area contributed by atoms with Crippen molar-refractivity contribution in [1.82, 2.24) is 4.90 Å². The summed E-state index contributed by atoms with van der Waals surface area (Å²) in [5, 5.41) is 0. The number of carbonyl (C=O) groups is 1. The molecule has 0 spiro atoms. The van der Waals surface area contributed by atoms with E-state index in [1.54, 1.807) is 0 Å². The Morgan fingerprint density at radius 2 is 2.00 bits per heavy atom. The van der Waals surface area contributed by atoms with Gasteiger partial charge in [0, 0.05) is 12.1 Å². The van der Waals surface area contributed by atoms with Crippen molar-refractivity contribution in [3.8, 4) is 0 Å². The van der Waals surface area contributed by atoms with Crippen LogP contribution in [0.1, 0.15) is 16.8 Å². The highest BCUT2D eigenvalue weighted by molar-refractivity contribution is 5.94. The van der Waals surface area contributed by atoms with E-state index < -0.39 is 0 Å². The van der Waals surface area contributed by atoms with Crippen LogP contribution in [0.4, 0.5) is 0 Å². The van der Waals surface area contributed by atoms with Crippen molar-refractivity contribution >= 4 is 5.91 Å². The maximum absolute atomic E-state index is 12.1. The van der Waals surface area contributed by atoms with Crippen molar-refractivity contribution in [2.45, 2.75) is 12.5 Å². The molecule has 1 amide bonds. The molecule has 1 aliphatic carbocycles. The molecule has 76 valence electrons. The Morgan fingerprint density at radius 3 is 2.60 bits per heavy atom. The minimum Gasteiger partial charge on any atom is -0.332 e. The van der Waals surface area contributed by atoms with E-state index in [1.165, 1.54) is 0 Å². The lowest BCUT2D eigenvalue weighted by Crippen LogP contribution is -2.35. The van der Waals surface area contributed by atoms with Gasteiger partial charge in [0.25, 0.3) is 5.91 Å². The summed E-state index contributed by atoms with van der Waals surface area (Å²) in [7, 11) is 0. The Bertz CT molecular complexity index is 410. The van der Waals surface area contributed by atoms with Gasteiger partial charge in [-0.05, 0) is 24.5 Å². The van der Waals surface area contributed by atoms with Gasteiger partial charge in [0.05, 0.1) is 6.04 Å². The number of nitrogens with zero attached hydrogens (tertiary/aromatic N) is 1. The maximum Gasteiger partial charge on any atom is 0.254 e. The second-order valence-corrected chi connectivity index (χ2v) is 4.27. The van der Waals surface area contributed by atoms with Crippen molar-refractivity contribution in [2.75, 3.05) is 6.54 Å². The molecule has 0 saturated carbocycles. The number of carbonyl (C=O) groups excluding carboxylic acids is 1. The lowest BCUT2D eigenvalue weighted by atomic mass is 10.1. The first-order valence-corrected chi connectivity index (χ1v) is 5.39. The molecule has 2 bridgehead atoms. The van der Waals surface area contributed by atoms with Crippen LogP contribution in [0.15, 0.2) is 42.5 Å². The zero-order valence-electron chi connectivity index (χ0n) is 8.47. The van der Waals surface area contributed by atoms with Crippen molar-refractivity contribution in [2.24, 2.45) is 5.92 Å². The SMILES string of the molecule is O=C(c1ccccc1)N1CC2C=CC1C2. The molecule has 2 unspecified atom stereocenters.